The number of rotatable bonds is 13. The first-order valence-electron chi connectivity index (χ1n) is 9.44. The highest BCUT2D eigenvalue weighted by atomic mass is 32.2. The Kier molecular flexibility index (Phi) is 9.46. The highest BCUT2D eigenvalue weighted by Gasteiger charge is 2.34. The molecule has 9 nitrogen and oxygen atoms in total. The van der Waals surface area contributed by atoms with E-state index in [2.05, 4.69) is 4.74 Å². The second kappa shape index (κ2) is 11.8. The molecule has 0 saturated heterocycles. The first-order valence-corrected chi connectivity index (χ1v) is 11.0. The molecule has 0 aliphatic heterocycles. The number of para-hydroxylation sites is 1. The van der Waals surface area contributed by atoms with Gasteiger partial charge in [0, 0.05) is 20.1 Å². The molecule has 2 aromatic carbocycles. The van der Waals surface area contributed by atoms with Crippen molar-refractivity contribution in [3.63, 3.8) is 0 Å². The van der Waals surface area contributed by atoms with Gasteiger partial charge in [0.05, 0.1) is 13.2 Å². The third kappa shape index (κ3) is 7.89. The third-order valence-corrected chi connectivity index (χ3v) is 6.26. The Labute approximate surface area is 188 Å². The summed E-state index contributed by atoms with van der Waals surface area (Å²) in [5.41, 5.74) is 0. The molecule has 2 aromatic rings. The van der Waals surface area contributed by atoms with Gasteiger partial charge in [-0.05, 0) is 36.4 Å². The maximum Gasteiger partial charge on any atom is 0.573 e. The Morgan fingerprint density at radius 1 is 1.03 bits per heavy atom. The van der Waals surface area contributed by atoms with Crippen LogP contribution in [0.25, 0.3) is 0 Å². The van der Waals surface area contributed by atoms with Crippen molar-refractivity contribution in [1.82, 2.24) is 5.06 Å². The molecule has 0 aromatic heterocycles. The predicted octanol–water partition coefficient (Wildman–Crippen LogP) is 3.38. The van der Waals surface area contributed by atoms with Crippen molar-refractivity contribution in [3.05, 3.63) is 48.5 Å². The van der Waals surface area contributed by atoms with Crippen LogP contribution in [0.15, 0.2) is 53.4 Å². The monoisotopic (exact) mass is 493 g/mol. The number of hydrogen-bond acceptors (Lipinski definition) is 8. The van der Waals surface area contributed by atoms with Crippen molar-refractivity contribution in [2.45, 2.75) is 23.1 Å². The van der Waals surface area contributed by atoms with Crippen LogP contribution >= 0.6 is 0 Å². The van der Waals surface area contributed by atoms with Crippen molar-refractivity contribution in [2.24, 2.45) is 0 Å². The molecule has 2 rings (SSSR count). The van der Waals surface area contributed by atoms with Crippen molar-refractivity contribution in [3.8, 4) is 17.2 Å². The lowest BCUT2D eigenvalue weighted by atomic mass is 10.3. The summed E-state index contributed by atoms with van der Waals surface area (Å²) >= 11 is 0. The van der Waals surface area contributed by atoms with Crippen LogP contribution < -0.4 is 9.47 Å². The summed E-state index contributed by atoms with van der Waals surface area (Å²) in [7, 11) is -2.89. The van der Waals surface area contributed by atoms with Gasteiger partial charge < -0.3 is 18.9 Å². The minimum Gasteiger partial charge on any atom is -0.456 e. The highest BCUT2D eigenvalue weighted by Crippen LogP contribution is 2.33. The topological polar surface area (TPSA) is 112 Å². The summed E-state index contributed by atoms with van der Waals surface area (Å²) in [4.78, 5) is 10.7. The molecule has 0 radical (unpaired) electrons. The van der Waals surface area contributed by atoms with Crippen LogP contribution in [-0.4, -0.2) is 63.8 Å². The minimum absolute atomic E-state index is 0.0229. The number of nitrogens with zero attached hydrogens (tertiary/aromatic N) is 1. The number of carbonyl (C=O) groups is 1. The van der Waals surface area contributed by atoms with Gasteiger partial charge in [-0.3, -0.25) is 10.0 Å². The van der Waals surface area contributed by atoms with Gasteiger partial charge in [-0.25, -0.2) is 13.5 Å². The number of hydroxylamine groups is 2. The van der Waals surface area contributed by atoms with E-state index >= 15 is 0 Å². The molecule has 13 heteroatoms. The molecule has 1 N–H and O–H groups in total. The average molecular weight is 493 g/mol. The zero-order valence-electron chi connectivity index (χ0n) is 17.4. The highest BCUT2D eigenvalue weighted by molar-refractivity contribution is 7.92. The number of ether oxygens (including phenoxy) is 4. The maximum atomic E-state index is 13.2. The Morgan fingerprint density at radius 2 is 1.67 bits per heavy atom. The molecule has 0 saturated carbocycles. The van der Waals surface area contributed by atoms with Crippen LogP contribution in [0.1, 0.15) is 6.42 Å². The number of methoxy groups -OCH3 is 1. The fourth-order valence-electron chi connectivity index (χ4n) is 2.68. The van der Waals surface area contributed by atoms with Crippen LogP contribution in [0, 0.1) is 0 Å². The summed E-state index contributed by atoms with van der Waals surface area (Å²) in [6, 6.07) is 9.75. The van der Waals surface area contributed by atoms with E-state index in [0.717, 1.165) is 24.3 Å². The number of amides is 1. The van der Waals surface area contributed by atoms with Crippen molar-refractivity contribution < 1.29 is 50.5 Å². The molecule has 33 heavy (non-hydrogen) atoms. The van der Waals surface area contributed by atoms with E-state index in [9.17, 15) is 31.6 Å². The second-order valence-electron chi connectivity index (χ2n) is 6.45. The molecular weight excluding hydrogens is 471 g/mol. The summed E-state index contributed by atoms with van der Waals surface area (Å²) in [6.07, 6.45) is -5.15. The van der Waals surface area contributed by atoms with E-state index in [-0.39, 0.29) is 54.1 Å². The van der Waals surface area contributed by atoms with E-state index in [1.807, 2.05) is 0 Å². The average Bonchev–Trinajstić information content (AvgIpc) is 2.76. The molecule has 182 valence electrons. The fraction of sp³-hybridized carbons (Fsp3) is 0.350. The standard InChI is InChI=1S/C20H22F3NO8S/c1-29-12-13-30-11-10-19(24(26)14-25)33(27,28)18-5-3-2-4-17(18)31-15-6-8-16(9-7-15)32-20(21,22)23/h2-9,14,19,26H,10-13H2,1H3. The SMILES string of the molecule is COCCOCCC(N(O)C=O)S(=O)(=O)c1ccccc1Oc1ccc(OC(F)(F)F)cc1. The number of sulfone groups is 1. The quantitative estimate of drug-likeness (QED) is 0.196. The lowest BCUT2D eigenvalue weighted by molar-refractivity contribution is -0.274. The fourth-order valence-corrected chi connectivity index (χ4v) is 4.37. The molecule has 0 aliphatic carbocycles. The molecule has 0 fully saturated rings. The Balaban J connectivity index is 2.25. The van der Waals surface area contributed by atoms with Crippen LogP contribution in [0.3, 0.4) is 0 Å². The first kappa shape index (κ1) is 26.4. The Bertz CT molecular complexity index is 999. The van der Waals surface area contributed by atoms with Gasteiger partial charge >= 0.3 is 6.36 Å². The van der Waals surface area contributed by atoms with Gasteiger partial charge in [0.25, 0.3) is 0 Å². The van der Waals surface area contributed by atoms with Gasteiger partial charge in [-0.15, -0.1) is 13.2 Å². The zero-order chi connectivity index (χ0) is 24.5. The van der Waals surface area contributed by atoms with Crippen LogP contribution in [0.4, 0.5) is 13.2 Å². The van der Waals surface area contributed by atoms with Gasteiger partial charge in [0.2, 0.25) is 16.2 Å². The lowest BCUT2D eigenvalue weighted by Crippen LogP contribution is -2.39. The molecule has 0 bridgehead atoms. The summed E-state index contributed by atoms with van der Waals surface area (Å²) in [6.45, 7) is 0.364. The third-order valence-electron chi connectivity index (χ3n) is 4.14. The minimum atomic E-state index is -4.86. The van der Waals surface area contributed by atoms with Crippen molar-refractivity contribution in [2.75, 3.05) is 26.9 Å². The number of halogens is 3. The van der Waals surface area contributed by atoms with Gasteiger partial charge in [-0.2, -0.15) is 0 Å². The van der Waals surface area contributed by atoms with Crippen LogP contribution in [0.5, 0.6) is 17.2 Å². The van der Waals surface area contributed by atoms with Crippen LogP contribution in [0.2, 0.25) is 0 Å². The predicted molar refractivity (Wildman–Crippen MR) is 108 cm³/mol. The number of carbonyl (C=O) groups excluding carboxylic acids is 1. The molecule has 1 atom stereocenters. The van der Waals surface area contributed by atoms with E-state index in [4.69, 9.17) is 14.2 Å². The zero-order valence-corrected chi connectivity index (χ0v) is 18.2. The Morgan fingerprint density at radius 3 is 2.27 bits per heavy atom. The normalized spacial score (nSPS) is 12.8. The maximum absolute atomic E-state index is 13.2. The number of benzene rings is 2. The summed E-state index contributed by atoms with van der Waals surface area (Å²) < 4.78 is 82.7. The van der Waals surface area contributed by atoms with Crippen molar-refractivity contribution >= 4 is 16.2 Å². The van der Waals surface area contributed by atoms with E-state index in [1.54, 1.807) is 0 Å². The smallest absolute Gasteiger partial charge is 0.456 e. The second-order valence-corrected chi connectivity index (χ2v) is 8.52. The van der Waals surface area contributed by atoms with Crippen molar-refractivity contribution in [1.29, 1.82) is 0 Å². The van der Waals surface area contributed by atoms with Crippen LogP contribution in [-0.2, 0) is 24.1 Å². The molecule has 1 unspecified atom stereocenters. The molecular formula is C20H22F3NO8S. The molecule has 0 heterocycles. The Hall–Kier alpha value is -2.87. The van der Waals surface area contributed by atoms with E-state index < -0.39 is 27.3 Å². The van der Waals surface area contributed by atoms with E-state index in [0.29, 0.717) is 0 Å². The largest absolute Gasteiger partial charge is 0.573 e. The van der Waals surface area contributed by atoms with Gasteiger partial charge in [0.15, 0.2) is 5.37 Å². The summed E-state index contributed by atoms with van der Waals surface area (Å²) in [5, 5.41) is 8.23. The number of hydrogen-bond donors (Lipinski definition) is 1. The first-order chi connectivity index (χ1) is 15.6. The van der Waals surface area contributed by atoms with E-state index in [1.165, 1.54) is 31.4 Å². The molecule has 0 spiro atoms. The number of alkyl halides is 3. The van der Waals surface area contributed by atoms with Gasteiger partial charge in [0.1, 0.15) is 22.1 Å². The summed E-state index contributed by atoms with van der Waals surface area (Å²) in [5.74, 6) is -0.611. The van der Waals surface area contributed by atoms with Gasteiger partial charge in [-0.1, -0.05) is 12.1 Å². The molecule has 1 amide bonds. The lowest BCUT2D eigenvalue weighted by Gasteiger charge is -2.23. The molecule has 0 aliphatic rings.